The van der Waals surface area contributed by atoms with E-state index in [1.165, 1.54) is 24.3 Å². The van der Waals surface area contributed by atoms with Gasteiger partial charge in [0.1, 0.15) is 11.6 Å². The van der Waals surface area contributed by atoms with Crippen LogP contribution in [-0.2, 0) is 10.0 Å². The molecule has 0 radical (unpaired) electrons. The van der Waals surface area contributed by atoms with Gasteiger partial charge in [-0.15, -0.1) is 0 Å². The van der Waals surface area contributed by atoms with Gasteiger partial charge in [-0.2, -0.15) is 0 Å². The maximum atomic E-state index is 13.5. The van der Waals surface area contributed by atoms with Crippen molar-refractivity contribution in [3.63, 3.8) is 0 Å². The van der Waals surface area contributed by atoms with Crippen molar-refractivity contribution in [1.29, 1.82) is 0 Å². The molecule has 0 aliphatic carbocycles. The van der Waals surface area contributed by atoms with E-state index < -0.39 is 10.0 Å². The first kappa shape index (κ1) is 26.7. The SMILES string of the molecule is O=S(=O)(CCCCCN1CCN(C(c2ccc(F)cc2)c2ccc(F)cc2)CC1)NCCCO. The van der Waals surface area contributed by atoms with Gasteiger partial charge in [0.15, 0.2) is 0 Å². The fourth-order valence-corrected chi connectivity index (χ4v) is 5.52. The molecule has 1 saturated heterocycles. The molecule has 0 saturated carbocycles. The Bertz CT molecular complexity index is 918. The van der Waals surface area contributed by atoms with Gasteiger partial charge in [-0.3, -0.25) is 4.90 Å². The van der Waals surface area contributed by atoms with Crippen LogP contribution in [0.4, 0.5) is 8.78 Å². The van der Waals surface area contributed by atoms with Gasteiger partial charge in [0, 0.05) is 39.3 Å². The second-order valence-corrected chi connectivity index (χ2v) is 10.7. The molecule has 0 unspecified atom stereocenters. The average molecular weight is 496 g/mol. The predicted molar refractivity (Wildman–Crippen MR) is 130 cm³/mol. The molecule has 6 nitrogen and oxygen atoms in total. The van der Waals surface area contributed by atoms with Crippen molar-refractivity contribution in [3.05, 3.63) is 71.3 Å². The smallest absolute Gasteiger partial charge is 0.211 e. The van der Waals surface area contributed by atoms with Crippen LogP contribution in [0.1, 0.15) is 42.9 Å². The second-order valence-electron chi connectivity index (χ2n) is 8.73. The molecular formula is C25H35F2N3O3S. The minimum atomic E-state index is -3.26. The molecule has 2 aromatic rings. The number of sulfonamides is 1. The summed E-state index contributed by atoms with van der Waals surface area (Å²) in [5.74, 6) is -0.441. The molecule has 1 heterocycles. The third-order valence-corrected chi connectivity index (χ3v) is 7.66. The van der Waals surface area contributed by atoms with Crippen molar-refractivity contribution in [2.75, 3.05) is 51.6 Å². The monoisotopic (exact) mass is 495 g/mol. The number of hydrogen-bond donors (Lipinski definition) is 2. The van der Waals surface area contributed by atoms with Gasteiger partial charge in [0.25, 0.3) is 0 Å². The van der Waals surface area contributed by atoms with Crippen molar-refractivity contribution >= 4 is 10.0 Å². The Labute approximate surface area is 201 Å². The average Bonchev–Trinajstić information content (AvgIpc) is 2.82. The lowest BCUT2D eigenvalue weighted by atomic mass is 9.96. The van der Waals surface area contributed by atoms with Gasteiger partial charge in [-0.1, -0.05) is 30.7 Å². The predicted octanol–water partition coefficient (Wildman–Crippen LogP) is 3.14. The largest absolute Gasteiger partial charge is 0.396 e. The number of nitrogens with one attached hydrogen (secondary N) is 1. The zero-order valence-corrected chi connectivity index (χ0v) is 20.3. The highest BCUT2D eigenvalue weighted by Gasteiger charge is 2.26. The molecule has 9 heteroatoms. The number of aliphatic hydroxyl groups is 1. The summed E-state index contributed by atoms with van der Waals surface area (Å²) in [6.45, 7) is 4.62. The first-order valence-electron chi connectivity index (χ1n) is 11.9. The highest BCUT2D eigenvalue weighted by Crippen LogP contribution is 2.30. The summed E-state index contributed by atoms with van der Waals surface area (Å²) in [5.41, 5.74) is 1.96. The first-order valence-corrected chi connectivity index (χ1v) is 13.6. The molecule has 3 rings (SSSR count). The van der Waals surface area contributed by atoms with Crippen LogP contribution in [0, 0.1) is 11.6 Å². The number of hydrogen-bond acceptors (Lipinski definition) is 5. The zero-order valence-electron chi connectivity index (χ0n) is 19.5. The number of rotatable bonds is 13. The summed E-state index contributed by atoms with van der Waals surface area (Å²) in [4.78, 5) is 4.73. The maximum Gasteiger partial charge on any atom is 0.211 e. The van der Waals surface area contributed by atoms with E-state index in [0.29, 0.717) is 12.8 Å². The summed E-state index contributed by atoms with van der Waals surface area (Å²) in [7, 11) is -3.26. The quantitative estimate of drug-likeness (QED) is 0.418. The van der Waals surface area contributed by atoms with Crippen molar-refractivity contribution in [1.82, 2.24) is 14.5 Å². The third-order valence-electron chi connectivity index (χ3n) is 6.19. The number of piperazine rings is 1. The Kier molecular flexibility index (Phi) is 10.4. The molecule has 1 aliphatic rings. The Balaban J connectivity index is 1.47. The highest BCUT2D eigenvalue weighted by atomic mass is 32.2. The van der Waals surface area contributed by atoms with E-state index in [-0.39, 0.29) is 36.6 Å². The molecule has 0 amide bonds. The molecule has 1 fully saturated rings. The fourth-order valence-electron chi connectivity index (χ4n) is 4.33. The lowest BCUT2D eigenvalue weighted by Crippen LogP contribution is -2.48. The number of unbranched alkanes of at least 4 members (excludes halogenated alkanes) is 2. The Morgan fingerprint density at radius 2 is 1.38 bits per heavy atom. The van der Waals surface area contributed by atoms with Gasteiger partial charge < -0.3 is 10.0 Å². The van der Waals surface area contributed by atoms with E-state index in [4.69, 9.17) is 5.11 Å². The van der Waals surface area contributed by atoms with Gasteiger partial charge in [-0.25, -0.2) is 21.9 Å². The van der Waals surface area contributed by atoms with Gasteiger partial charge in [0.05, 0.1) is 11.8 Å². The van der Waals surface area contributed by atoms with Crippen LogP contribution in [0.15, 0.2) is 48.5 Å². The van der Waals surface area contributed by atoms with Crippen LogP contribution in [0.5, 0.6) is 0 Å². The van der Waals surface area contributed by atoms with Crippen LogP contribution in [0.2, 0.25) is 0 Å². The minimum absolute atomic E-state index is 0.0235. The highest BCUT2D eigenvalue weighted by molar-refractivity contribution is 7.89. The van der Waals surface area contributed by atoms with E-state index >= 15 is 0 Å². The number of nitrogens with zero attached hydrogens (tertiary/aromatic N) is 2. The van der Waals surface area contributed by atoms with Gasteiger partial charge in [-0.05, 0) is 61.2 Å². The third kappa shape index (κ3) is 8.39. The topological polar surface area (TPSA) is 72.9 Å². The van der Waals surface area contributed by atoms with Crippen LogP contribution >= 0.6 is 0 Å². The summed E-state index contributed by atoms with van der Waals surface area (Å²) < 4.78 is 53.3. The van der Waals surface area contributed by atoms with Gasteiger partial charge in [0.2, 0.25) is 10.0 Å². The Morgan fingerprint density at radius 3 is 1.91 bits per heavy atom. The Hall–Kier alpha value is -1.91. The number of aliphatic hydroxyl groups excluding tert-OH is 1. The second kappa shape index (κ2) is 13.3. The summed E-state index contributed by atoms with van der Waals surface area (Å²) in [5, 5.41) is 8.75. The number of benzene rings is 2. The molecule has 0 aromatic heterocycles. The molecule has 188 valence electrons. The summed E-state index contributed by atoms with van der Waals surface area (Å²) in [6.07, 6.45) is 2.82. The van der Waals surface area contributed by atoms with Crippen molar-refractivity contribution in [3.8, 4) is 0 Å². The van der Waals surface area contributed by atoms with Crippen molar-refractivity contribution in [2.45, 2.75) is 31.7 Å². The molecule has 0 atom stereocenters. The van der Waals surface area contributed by atoms with E-state index in [1.807, 2.05) is 0 Å². The van der Waals surface area contributed by atoms with Crippen LogP contribution in [0.25, 0.3) is 0 Å². The lowest BCUT2D eigenvalue weighted by Gasteiger charge is -2.40. The Morgan fingerprint density at radius 1 is 0.824 bits per heavy atom. The fraction of sp³-hybridized carbons (Fsp3) is 0.520. The van der Waals surface area contributed by atoms with Crippen LogP contribution in [0.3, 0.4) is 0 Å². The molecule has 1 aliphatic heterocycles. The molecule has 34 heavy (non-hydrogen) atoms. The van der Waals surface area contributed by atoms with Crippen molar-refractivity contribution in [2.24, 2.45) is 0 Å². The molecule has 2 aromatic carbocycles. The summed E-state index contributed by atoms with van der Waals surface area (Å²) in [6, 6.07) is 13.0. The van der Waals surface area contributed by atoms with E-state index in [1.54, 1.807) is 24.3 Å². The molecule has 0 spiro atoms. The normalized spacial score (nSPS) is 15.8. The standard InChI is InChI=1S/C25H35F2N3O3S/c26-23-9-5-21(6-10-23)25(22-7-11-24(27)12-8-22)30-17-15-29(16-18-30)14-2-1-3-20-34(32,33)28-13-4-19-31/h5-12,25,28,31H,1-4,13-20H2. The van der Waals surface area contributed by atoms with Crippen molar-refractivity contribution < 1.29 is 22.3 Å². The maximum absolute atomic E-state index is 13.5. The van der Waals surface area contributed by atoms with Crippen LogP contribution in [-0.4, -0.2) is 75.0 Å². The van der Waals surface area contributed by atoms with Crippen LogP contribution < -0.4 is 4.72 Å². The van der Waals surface area contributed by atoms with E-state index in [0.717, 1.165) is 56.7 Å². The number of halogens is 2. The van der Waals surface area contributed by atoms with E-state index in [2.05, 4.69) is 14.5 Å². The summed E-state index contributed by atoms with van der Waals surface area (Å²) >= 11 is 0. The molecule has 0 bridgehead atoms. The minimum Gasteiger partial charge on any atom is -0.396 e. The zero-order chi connectivity index (χ0) is 24.4. The molecule has 2 N–H and O–H groups in total. The molecular weight excluding hydrogens is 460 g/mol. The van der Waals surface area contributed by atoms with Gasteiger partial charge >= 0.3 is 0 Å². The first-order chi connectivity index (χ1) is 16.4. The lowest BCUT2D eigenvalue weighted by molar-refractivity contribution is 0.108. The van der Waals surface area contributed by atoms with E-state index in [9.17, 15) is 17.2 Å².